The van der Waals surface area contributed by atoms with Gasteiger partial charge in [-0.1, -0.05) is 12.1 Å². The van der Waals surface area contributed by atoms with Crippen LogP contribution in [0.1, 0.15) is 30.3 Å². The van der Waals surface area contributed by atoms with E-state index >= 15 is 0 Å². The summed E-state index contributed by atoms with van der Waals surface area (Å²) in [7, 11) is -2.96. The molecule has 1 aromatic heterocycles. The Balaban J connectivity index is 2.19. The van der Waals surface area contributed by atoms with Crippen LogP contribution in [0.5, 0.6) is 0 Å². The molecule has 0 spiro atoms. The van der Waals surface area contributed by atoms with Crippen LogP contribution in [-0.4, -0.2) is 29.5 Å². The minimum absolute atomic E-state index is 0.0476. The van der Waals surface area contributed by atoms with E-state index in [0.29, 0.717) is 18.1 Å². The van der Waals surface area contributed by atoms with E-state index in [-0.39, 0.29) is 11.8 Å². The number of hydrogen-bond donors (Lipinski definition) is 0. The maximum Gasteiger partial charge on any atom is 0.152 e. The molecule has 108 valence electrons. The van der Waals surface area contributed by atoms with E-state index in [9.17, 15) is 8.42 Å². The van der Waals surface area contributed by atoms with Crippen LogP contribution in [-0.2, 0) is 15.7 Å². The summed E-state index contributed by atoms with van der Waals surface area (Å²) in [5.74, 6) is 1.55. The van der Waals surface area contributed by atoms with E-state index in [1.54, 1.807) is 0 Å². The largest absolute Gasteiger partial charge is 0.323 e. The Morgan fingerprint density at radius 2 is 2.25 bits per heavy atom. The number of benzene rings is 1. The zero-order valence-corrected chi connectivity index (χ0v) is 12.9. The van der Waals surface area contributed by atoms with Crippen LogP contribution in [0.25, 0.3) is 11.0 Å². The third-order valence-electron chi connectivity index (χ3n) is 3.91. The molecule has 1 fully saturated rings. The topological polar surface area (TPSA) is 52.0 Å². The van der Waals surface area contributed by atoms with Crippen LogP contribution in [0.3, 0.4) is 0 Å². The van der Waals surface area contributed by atoms with Crippen molar-refractivity contribution in [2.75, 3.05) is 11.5 Å². The van der Waals surface area contributed by atoms with Gasteiger partial charge in [-0.05, 0) is 31.4 Å². The number of nitrogens with zero attached hydrogens (tertiary/aromatic N) is 2. The summed E-state index contributed by atoms with van der Waals surface area (Å²) in [6.07, 6.45) is 1.57. The van der Waals surface area contributed by atoms with Crippen molar-refractivity contribution >= 4 is 32.5 Å². The molecule has 0 saturated carbocycles. The molecule has 1 aliphatic rings. The van der Waals surface area contributed by atoms with Crippen molar-refractivity contribution in [1.82, 2.24) is 9.55 Å². The van der Waals surface area contributed by atoms with E-state index in [1.807, 2.05) is 29.7 Å². The highest BCUT2D eigenvalue weighted by molar-refractivity contribution is 7.91. The third kappa shape index (κ3) is 2.33. The number of halogens is 1. The number of imidazole rings is 1. The standard InChI is InChI=1S/C14H17ClN2O2S/c1-10-4-2-6-12-14(10)17(13(8-15)16-12)11-5-3-7-20(18,19)9-11/h2,4,6,11H,3,5,7-9H2,1H3. The van der Waals surface area contributed by atoms with Crippen LogP contribution in [0, 0.1) is 6.92 Å². The number of aromatic nitrogens is 2. The Bertz CT molecular complexity index is 752. The van der Waals surface area contributed by atoms with E-state index in [4.69, 9.17) is 11.6 Å². The highest BCUT2D eigenvalue weighted by atomic mass is 35.5. The molecule has 0 N–H and O–H groups in total. The second-order valence-electron chi connectivity index (χ2n) is 5.38. The molecule has 20 heavy (non-hydrogen) atoms. The molecule has 3 rings (SSSR count). The maximum atomic E-state index is 11.9. The van der Waals surface area contributed by atoms with E-state index in [2.05, 4.69) is 4.98 Å². The minimum Gasteiger partial charge on any atom is -0.323 e. The lowest BCUT2D eigenvalue weighted by Gasteiger charge is -2.25. The molecule has 4 nitrogen and oxygen atoms in total. The number of para-hydroxylation sites is 1. The normalized spacial score (nSPS) is 22.2. The highest BCUT2D eigenvalue weighted by Crippen LogP contribution is 2.31. The molecule has 1 aliphatic heterocycles. The number of alkyl halides is 1. The molecule has 0 aliphatic carbocycles. The van der Waals surface area contributed by atoms with Crippen LogP contribution in [0.4, 0.5) is 0 Å². The van der Waals surface area contributed by atoms with Gasteiger partial charge in [0.2, 0.25) is 0 Å². The van der Waals surface area contributed by atoms with Crippen LogP contribution >= 0.6 is 11.6 Å². The van der Waals surface area contributed by atoms with Crippen molar-refractivity contribution in [1.29, 1.82) is 0 Å². The molecule has 0 bridgehead atoms. The van der Waals surface area contributed by atoms with E-state index in [0.717, 1.165) is 28.8 Å². The first-order valence-electron chi connectivity index (χ1n) is 6.74. The minimum atomic E-state index is -2.96. The van der Waals surface area contributed by atoms with Gasteiger partial charge in [0.25, 0.3) is 0 Å². The average Bonchev–Trinajstić information content (AvgIpc) is 2.77. The molecule has 2 aromatic rings. The van der Waals surface area contributed by atoms with Crippen LogP contribution in [0.2, 0.25) is 0 Å². The fraction of sp³-hybridized carbons (Fsp3) is 0.500. The number of sulfone groups is 1. The summed E-state index contributed by atoms with van der Waals surface area (Å²) < 4.78 is 25.9. The molecular formula is C14H17ClN2O2S. The number of fused-ring (bicyclic) bond motifs is 1. The summed E-state index contributed by atoms with van der Waals surface area (Å²) >= 11 is 6.01. The van der Waals surface area contributed by atoms with Crippen molar-refractivity contribution in [2.45, 2.75) is 31.7 Å². The Labute approximate surface area is 123 Å². The number of hydrogen-bond acceptors (Lipinski definition) is 3. The van der Waals surface area contributed by atoms with Crippen molar-refractivity contribution < 1.29 is 8.42 Å². The van der Waals surface area contributed by atoms with Gasteiger partial charge < -0.3 is 4.57 Å². The Morgan fingerprint density at radius 1 is 1.45 bits per heavy atom. The van der Waals surface area contributed by atoms with Crippen LogP contribution < -0.4 is 0 Å². The highest BCUT2D eigenvalue weighted by Gasteiger charge is 2.29. The predicted molar refractivity (Wildman–Crippen MR) is 81.0 cm³/mol. The third-order valence-corrected chi connectivity index (χ3v) is 5.95. The Morgan fingerprint density at radius 3 is 2.95 bits per heavy atom. The molecule has 1 aromatic carbocycles. The summed E-state index contributed by atoms with van der Waals surface area (Å²) in [6.45, 7) is 2.02. The zero-order valence-electron chi connectivity index (χ0n) is 11.3. The summed E-state index contributed by atoms with van der Waals surface area (Å²) in [5.41, 5.74) is 3.02. The van der Waals surface area contributed by atoms with Crippen LogP contribution in [0.15, 0.2) is 18.2 Å². The maximum absolute atomic E-state index is 11.9. The molecule has 6 heteroatoms. The lowest BCUT2D eigenvalue weighted by atomic mass is 10.1. The van der Waals surface area contributed by atoms with Crippen molar-refractivity contribution in [3.8, 4) is 0 Å². The SMILES string of the molecule is Cc1cccc2nc(CCl)n(C3CCCS(=O)(=O)C3)c12. The second kappa shape index (κ2) is 5.04. The smallest absolute Gasteiger partial charge is 0.152 e. The Kier molecular flexibility index (Phi) is 3.50. The lowest BCUT2D eigenvalue weighted by molar-refractivity contribution is 0.470. The molecule has 0 radical (unpaired) electrons. The number of rotatable bonds is 2. The summed E-state index contributed by atoms with van der Waals surface area (Å²) in [4.78, 5) is 4.55. The molecule has 2 heterocycles. The first-order valence-corrected chi connectivity index (χ1v) is 9.10. The van der Waals surface area contributed by atoms with Gasteiger partial charge in [0.05, 0.1) is 28.4 Å². The van der Waals surface area contributed by atoms with Gasteiger partial charge in [0.1, 0.15) is 5.82 Å². The summed E-state index contributed by atoms with van der Waals surface area (Å²) in [6, 6.07) is 5.89. The van der Waals surface area contributed by atoms with Crippen molar-refractivity contribution in [3.63, 3.8) is 0 Å². The van der Waals surface area contributed by atoms with Gasteiger partial charge in [0.15, 0.2) is 9.84 Å². The first kappa shape index (κ1) is 13.9. The second-order valence-corrected chi connectivity index (χ2v) is 7.88. The molecule has 1 unspecified atom stereocenters. The lowest BCUT2D eigenvalue weighted by Crippen LogP contribution is -2.28. The molecule has 0 amide bonds. The molecular weight excluding hydrogens is 296 g/mol. The van der Waals surface area contributed by atoms with E-state index < -0.39 is 9.84 Å². The van der Waals surface area contributed by atoms with Gasteiger partial charge in [-0.3, -0.25) is 0 Å². The average molecular weight is 313 g/mol. The van der Waals surface area contributed by atoms with Gasteiger partial charge in [-0.25, -0.2) is 13.4 Å². The quantitative estimate of drug-likeness (QED) is 0.801. The predicted octanol–water partition coefficient (Wildman–Crippen LogP) is 2.83. The molecule has 1 saturated heterocycles. The van der Waals surface area contributed by atoms with Crippen molar-refractivity contribution in [2.24, 2.45) is 0 Å². The van der Waals surface area contributed by atoms with E-state index in [1.165, 1.54) is 0 Å². The first-order chi connectivity index (χ1) is 9.52. The van der Waals surface area contributed by atoms with Gasteiger partial charge in [0, 0.05) is 6.04 Å². The summed E-state index contributed by atoms with van der Waals surface area (Å²) in [5, 5.41) is 0. The van der Waals surface area contributed by atoms with Gasteiger partial charge in [-0.15, -0.1) is 11.6 Å². The fourth-order valence-electron chi connectivity index (χ4n) is 3.06. The number of aryl methyl sites for hydroxylation is 1. The van der Waals surface area contributed by atoms with Gasteiger partial charge in [-0.2, -0.15) is 0 Å². The monoisotopic (exact) mass is 312 g/mol. The fourth-order valence-corrected chi connectivity index (χ4v) is 4.92. The van der Waals surface area contributed by atoms with Gasteiger partial charge >= 0.3 is 0 Å². The molecule has 1 atom stereocenters. The zero-order chi connectivity index (χ0) is 14.3. The Hall–Kier alpha value is -1.07. The van der Waals surface area contributed by atoms with Crippen molar-refractivity contribution in [3.05, 3.63) is 29.6 Å².